The van der Waals surface area contributed by atoms with Crippen LogP contribution in [0.15, 0.2) is 24.3 Å². The first-order chi connectivity index (χ1) is 8.83. The third-order valence-electron chi connectivity index (χ3n) is 4.27. The lowest BCUT2D eigenvalue weighted by atomic mass is 10.0. The van der Waals surface area contributed by atoms with E-state index in [1.807, 2.05) is 0 Å². The highest BCUT2D eigenvalue weighted by molar-refractivity contribution is 5.29. The summed E-state index contributed by atoms with van der Waals surface area (Å²) < 4.78 is 5.59. The second-order valence-corrected chi connectivity index (χ2v) is 5.77. The lowest BCUT2D eigenvalue weighted by molar-refractivity contribution is 0.105. The zero-order valence-corrected chi connectivity index (χ0v) is 11.2. The molecule has 0 radical (unpaired) electrons. The Bertz CT molecular complexity index is 400. The van der Waals surface area contributed by atoms with Crippen molar-refractivity contribution in [2.24, 2.45) is 5.92 Å². The molecule has 0 spiro atoms. The Morgan fingerprint density at radius 1 is 1.28 bits per heavy atom. The van der Waals surface area contributed by atoms with Crippen LogP contribution < -0.4 is 5.32 Å². The molecule has 1 heterocycles. The van der Waals surface area contributed by atoms with Crippen molar-refractivity contribution in [2.45, 2.75) is 44.8 Å². The molecule has 1 aliphatic heterocycles. The molecule has 1 saturated heterocycles. The van der Waals surface area contributed by atoms with Gasteiger partial charge in [0.25, 0.3) is 0 Å². The van der Waals surface area contributed by atoms with Gasteiger partial charge in [-0.1, -0.05) is 24.3 Å². The molecule has 2 atom stereocenters. The molecule has 2 unspecified atom stereocenters. The molecule has 18 heavy (non-hydrogen) atoms. The van der Waals surface area contributed by atoms with Gasteiger partial charge >= 0.3 is 0 Å². The van der Waals surface area contributed by atoms with Crippen LogP contribution in [0.4, 0.5) is 0 Å². The van der Waals surface area contributed by atoms with E-state index in [4.69, 9.17) is 4.74 Å². The monoisotopic (exact) mass is 245 g/mol. The minimum absolute atomic E-state index is 0.426. The van der Waals surface area contributed by atoms with Crippen molar-refractivity contribution in [2.75, 3.05) is 13.2 Å². The van der Waals surface area contributed by atoms with Crippen molar-refractivity contribution in [3.05, 3.63) is 35.4 Å². The third-order valence-corrected chi connectivity index (χ3v) is 4.27. The maximum Gasteiger partial charge on any atom is 0.0588 e. The minimum Gasteiger partial charge on any atom is -0.378 e. The second kappa shape index (κ2) is 5.41. The van der Waals surface area contributed by atoms with Gasteiger partial charge in [0.2, 0.25) is 0 Å². The number of nitrogens with one attached hydrogen (secondary N) is 1. The average Bonchev–Trinajstić information content (AvgIpc) is 3.15. The molecule has 0 bridgehead atoms. The summed E-state index contributed by atoms with van der Waals surface area (Å²) in [5.74, 6) is 1.55. The smallest absolute Gasteiger partial charge is 0.0588 e. The standard InChI is InChI=1S/C16H23NO/c1-12-16(7-8-18-12)11-17-10-13-3-2-4-15(9-13)14-5-6-14/h2-4,9,12,14,16-17H,5-8,10-11H2,1H3. The van der Waals surface area contributed by atoms with Gasteiger partial charge in [-0.15, -0.1) is 0 Å². The predicted molar refractivity (Wildman–Crippen MR) is 73.6 cm³/mol. The molecular formula is C16H23NO. The molecule has 1 N–H and O–H groups in total. The first kappa shape index (κ1) is 12.2. The van der Waals surface area contributed by atoms with E-state index in [1.54, 1.807) is 0 Å². The summed E-state index contributed by atoms with van der Waals surface area (Å²) in [6, 6.07) is 9.08. The van der Waals surface area contributed by atoms with Crippen molar-refractivity contribution in [1.29, 1.82) is 0 Å². The SMILES string of the molecule is CC1OCCC1CNCc1cccc(C2CC2)c1. The number of hydrogen-bond acceptors (Lipinski definition) is 2. The molecule has 1 aliphatic carbocycles. The first-order valence-corrected chi connectivity index (χ1v) is 7.24. The van der Waals surface area contributed by atoms with Gasteiger partial charge in [-0.25, -0.2) is 0 Å². The van der Waals surface area contributed by atoms with Gasteiger partial charge in [0.05, 0.1) is 6.10 Å². The maximum atomic E-state index is 5.59. The van der Waals surface area contributed by atoms with Gasteiger partial charge in [0.15, 0.2) is 0 Å². The van der Waals surface area contributed by atoms with Crippen LogP contribution in [-0.2, 0) is 11.3 Å². The topological polar surface area (TPSA) is 21.3 Å². The zero-order valence-electron chi connectivity index (χ0n) is 11.2. The molecule has 0 aromatic heterocycles. The van der Waals surface area contributed by atoms with Crippen LogP contribution in [-0.4, -0.2) is 19.3 Å². The van der Waals surface area contributed by atoms with Crippen molar-refractivity contribution in [3.8, 4) is 0 Å². The fraction of sp³-hybridized carbons (Fsp3) is 0.625. The molecule has 1 saturated carbocycles. The molecule has 3 rings (SSSR count). The Labute approximate surface area is 110 Å². The van der Waals surface area contributed by atoms with Gasteiger partial charge in [-0.2, -0.15) is 0 Å². The Morgan fingerprint density at radius 3 is 2.89 bits per heavy atom. The van der Waals surface area contributed by atoms with Crippen LogP contribution in [0.1, 0.15) is 43.2 Å². The summed E-state index contributed by atoms with van der Waals surface area (Å²) in [5, 5.41) is 3.58. The van der Waals surface area contributed by atoms with E-state index in [1.165, 1.54) is 30.4 Å². The van der Waals surface area contributed by atoms with Crippen molar-refractivity contribution in [3.63, 3.8) is 0 Å². The van der Waals surface area contributed by atoms with Gasteiger partial charge in [-0.3, -0.25) is 0 Å². The molecule has 1 aromatic rings. The van der Waals surface area contributed by atoms with Crippen LogP contribution in [0.3, 0.4) is 0 Å². The van der Waals surface area contributed by atoms with Gasteiger partial charge in [-0.05, 0) is 49.1 Å². The van der Waals surface area contributed by atoms with Crippen LogP contribution in [0, 0.1) is 5.92 Å². The van der Waals surface area contributed by atoms with E-state index in [9.17, 15) is 0 Å². The van der Waals surface area contributed by atoms with E-state index < -0.39 is 0 Å². The maximum absolute atomic E-state index is 5.59. The lowest BCUT2D eigenvalue weighted by Gasteiger charge is -2.15. The molecule has 2 fully saturated rings. The molecule has 2 nitrogen and oxygen atoms in total. The predicted octanol–water partition coefficient (Wildman–Crippen LogP) is 3.08. The number of ether oxygens (including phenoxy) is 1. The molecule has 2 heteroatoms. The molecule has 0 amide bonds. The number of rotatable bonds is 5. The highest BCUT2D eigenvalue weighted by Crippen LogP contribution is 2.40. The molecule has 98 valence electrons. The number of hydrogen-bond donors (Lipinski definition) is 1. The summed E-state index contributed by atoms with van der Waals surface area (Å²) in [6.07, 6.45) is 4.40. The van der Waals surface area contributed by atoms with Crippen molar-refractivity contribution in [1.82, 2.24) is 5.32 Å². The van der Waals surface area contributed by atoms with Crippen LogP contribution in [0.25, 0.3) is 0 Å². The van der Waals surface area contributed by atoms with E-state index in [0.29, 0.717) is 12.0 Å². The van der Waals surface area contributed by atoms with E-state index in [0.717, 1.165) is 25.6 Å². The molecular weight excluding hydrogens is 222 g/mol. The third kappa shape index (κ3) is 2.93. The van der Waals surface area contributed by atoms with Crippen LogP contribution in [0.5, 0.6) is 0 Å². The number of benzene rings is 1. The fourth-order valence-corrected chi connectivity index (χ4v) is 2.82. The highest BCUT2D eigenvalue weighted by Gasteiger charge is 2.24. The summed E-state index contributed by atoms with van der Waals surface area (Å²) in [4.78, 5) is 0. The molecule has 1 aromatic carbocycles. The Kier molecular flexibility index (Phi) is 3.67. The Balaban J connectivity index is 1.48. The van der Waals surface area contributed by atoms with Gasteiger partial charge < -0.3 is 10.1 Å². The van der Waals surface area contributed by atoms with Gasteiger partial charge in [0, 0.05) is 19.7 Å². The minimum atomic E-state index is 0.426. The van der Waals surface area contributed by atoms with E-state index in [-0.39, 0.29) is 0 Å². The second-order valence-electron chi connectivity index (χ2n) is 5.77. The molecule has 2 aliphatic rings. The summed E-state index contributed by atoms with van der Waals surface area (Å²) in [5.41, 5.74) is 2.96. The van der Waals surface area contributed by atoms with Crippen molar-refractivity contribution >= 4 is 0 Å². The van der Waals surface area contributed by atoms with Crippen LogP contribution in [0.2, 0.25) is 0 Å². The van der Waals surface area contributed by atoms with Crippen molar-refractivity contribution < 1.29 is 4.74 Å². The Hall–Kier alpha value is -0.860. The quantitative estimate of drug-likeness (QED) is 0.860. The normalized spacial score (nSPS) is 27.6. The first-order valence-electron chi connectivity index (χ1n) is 7.24. The van der Waals surface area contributed by atoms with E-state index >= 15 is 0 Å². The average molecular weight is 245 g/mol. The summed E-state index contributed by atoms with van der Waals surface area (Å²) in [6.45, 7) is 5.19. The summed E-state index contributed by atoms with van der Waals surface area (Å²) in [7, 11) is 0. The largest absolute Gasteiger partial charge is 0.378 e. The highest BCUT2D eigenvalue weighted by atomic mass is 16.5. The fourth-order valence-electron chi connectivity index (χ4n) is 2.82. The summed E-state index contributed by atoms with van der Waals surface area (Å²) >= 11 is 0. The lowest BCUT2D eigenvalue weighted by Crippen LogP contribution is -2.26. The van der Waals surface area contributed by atoms with Gasteiger partial charge in [0.1, 0.15) is 0 Å². The zero-order chi connectivity index (χ0) is 12.4. The van der Waals surface area contributed by atoms with Crippen LogP contribution >= 0.6 is 0 Å². The van der Waals surface area contributed by atoms with E-state index in [2.05, 4.69) is 36.5 Å². The Morgan fingerprint density at radius 2 is 2.17 bits per heavy atom.